The van der Waals surface area contributed by atoms with E-state index in [4.69, 9.17) is 5.11 Å². The highest BCUT2D eigenvalue weighted by Gasteiger charge is 2.21. The number of carbonyl (C=O) groups excluding carboxylic acids is 1. The van der Waals surface area contributed by atoms with Crippen LogP contribution in [0, 0.1) is 6.92 Å². The van der Waals surface area contributed by atoms with Crippen LogP contribution in [-0.4, -0.2) is 38.2 Å². The number of hydrogen-bond donors (Lipinski definition) is 2. The largest absolute Gasteiger partial charge is 0.394 e. The standard InChI is InChI=1S/C14H18N4O2/c1-10-4-6-11(7-5-10)18-8-12(16-17-18)13(20)15-14(2,3)9-19/h4-8,19H,9H2,1-3H3,(H,15,20). The van der Waals surface area contributed by atoms with Crippen LogP contribution in [0.5, 0.6) is 0 Å². The number of aryl methyl sites for hydroxylation is 1. The Balaban J connectivity index is 2.17. The third kappa shape index (κ3) is 3.21. The van der Waals surface area contributed by atoms with Crippen molar-refractivity contribution in [2.45, 2.75) is 26.3 Å². The van der Waals surface area contributed by atoms with Crippen LogP contribution in [0.2, 0.25) is 0 Å². The predicted molar refractivity (Wildman–Crippen MR) is 74.7 cm³/mol. The number of aromatic nitrogens is 3. The van der Waals surface area contributed by atoms with Gasteiger partial charge in [0.15, 0.2) is 5.69 Å². The fourth-order valence-corrected chi connectivity index (χ4v) is 1.60. The maximum atomic E-state index is 12.0. The second-order valence-electron chi connectivity index (χ2n) is 5.38. The first kappa shape index (κ1) is 14.2. The summed E-state index contributed by atoms with van der Waals surface area (Å²) in [6.45, 7) is 5.32. The lowest BCUT2D eigenvalue weighted by molar-refractivity contribution is 0.0864. The molecule has 0 fully saturated rings. The molecule has 0 unspecified atom stereocenters. The SMILES string of the molecule is Cc1ccc(-n2cc(C(=O)NC(C)(C)CO)nn2)cc1. The van der Waals surface area contributed by atoms with E-state index in [2.05, 4.69) is 15.6 Å². The van der Waals surface area contributed by atoms with Gasteiger partial charge < -0.3 is 10.4 Å². The van der Waals surface area contributed by atoms with E-state index in [0.29, 0.717) is 0 Å². The Hall–Kier alpha value is -2.21. The molecule has 1 aromatic heterocycles. The fourth-order valence-electron chi connectivity index (χ4n) is 1.60. The highest BCUT2D eigenvalue weighted by molar-refractivity contribution is 5.92. The first-order valence-electron chi connectivity index (χ1n) is 6.34. The van der Waals surface area contributed by atoms with Crippen LogP contribution >= 0.6 is 0 Å². The Bertz CT molecular complexity index is 602. The van der Waals surface area contributed by atoms with E-state index in [1.54, 1.807) is 24.7 Å². The number of benzene rings is 1. The molecule has 0 aliphatic rings. The van der Waals surface area contributed by atoms with Gasteiger partial charge in [-0.15, -0.1) is 5.10 Å². The number of carbonyl (C=O) groups is 1. The van der Waals surface area contributed by atoms with Gasteiger partial charge >= 0.3 is 0 Å². The molecule has 0 bridgehead atoms. The normalized spacial score (nSPS) is 11.4. The average Bonchev–Trinajstić information content (AvgIpc) is 2.89. The van der Waals surface area contributed by atoms with Gasteiger partial charge in [0.25, 0.3) is 5.91 Å². The van der Waals surface area contributed by atoms with Gasteiger partial charge in [-0.1, -0.05) is 22.9 Å². The number of nitrogens with one attached hydrogen (secondary N) is 1. The maximum Gasteiger partial charge on any atom is 0.273 e. The van der Waals surface area contributed by atoms with Gasteiger partial charge in [-0.2, -0.15) is 0 Å². The Labute approximate surface area is 117 Å². The molecule has 20 heavy (non-hydrogen) atoms. The number of rotatable bonds is 4. The van der Waals surface area contributed by atoms with E-state index in [9.17, 15) is 4.79 Å². The van der Waals surface area contributed by atoms with Crippen molar-refractivity contribution in [3.05, 3.63) is 41.7 Å². The van der Waals surface area contributed by atoms with Crippen LogP contribution in [-0.2, 0) is 0 Å². The van der Waals surface area contributed by atoms with E-state index in [1.165, 1.54) is 0 Å². The zero-order chi connectivity index (χ0) is 14.8. The van der Waals surface area contributed by atoms with Crippen molar-refractivity contribution in [2.24, 2.45) is 0 Å². The molecule has 6 heteroatoms. The Kier molecular flexibility index (Phi) is 3.85. The van der Waals surface area contributed by atoms with Crippen molar-refractivity contribution < 1.29 is 9.90 Å². The third-order valence-corrected chi connectivity index (χ3v) is 2.87. The van der Waals surface area contributed by atoms with Gasteiger partial charge in [0, 0.05) is 0 Å². The van der Waals surface area contributed by atoms with E-state index in [1.807, 2.05) is 31.2 Å². The molecule has 0 spiro atoms. The van der Waals surface area contributed by atoms with Crippen molar-refractivity contribution in [1.29, 1.82) is 0 Å². The lowest BCUT2D eigenvalue weighted by atomic mass is 10.1. The first-order chi connectivity index (χ1) is 9.41. The number of aliphatic hydroxyl groups is 1. The molecule has 6 nitrogen and oxygen atoms in total. The summed E-state index contributed by atoms with van der Waals surface area (Å²) in [7, 11) is 0. The molecule has 0 aliphatic heterocycles. The van der Waals surface area contributed by atoms with Gasteiger partial charge in [0.05, 0.1) is 24.0 Å². The van der Waals surface area contributed by atoms with Crippen molar-refractivity contribution in [1.82, 2.24) is 20.3 Å². The van der Waals surface area contributed by atoms with Crippen LogP contribution < -0.4 is 5.32 Å². The first-order valence-corrected chi connectivity index (χ1v) is 6.34. The minimum Gasteiger partial charge on any atom is -0.394 e. The summed E-state index contributed by atoms with van der Waals surface area (Å²) < 4.78 is 1.54. The molecule has 0 aliphatic carbocycles. The van der Waals surface area contributed by atoms with E-state index in [0.717, 1.165) is 11.3 Å². The van der Waals surface area contributed by atoms with Gasteiger partial charge in [0.2, 0.25) is 0 Å². The fraction of sp³-hybridized carbons (Fsp3) is 0.357. The van der Waals surface area contributed by atoms with Crippen LogP contribution in [0.25, 0.3) is 5.69 Å². The number of hydrogen-bond acceptors (Lipinski definition) is 4. The van der Waals surface area contributed by atoms with E-state index >= 15 is 0 Å². The molecule has 0 saturated carbocycles. The Morgan fingerprint density at radius 2 is 2.00 bits per heavy atom. The van der Waals surface area contributed by atoms with Crippen molar-refractivity contribution in [2.75, 3.05) is 6.61 Å². The summed E-state index contributed by atoms with van der Waals surface area (Å²) in [5, 5.41) is 19.6. The van der Waals surface area contributed by atoms with Crippen molar-refractivity contribution in [3.8, 4) is 5.69 Å². The Morgan fingerprint density at radius 1 is 1.35 bits per heavy atom. The third-order valence-electron chi connectivity index (χ3n) is 2.87. The highest BCUT2D eigenvalue weighted by Crippen LogP contribution is 2.09. The molecule has 2 rings (SSSR count). The molecule has 2 aromatic rings. The van der Waals surface area contributed by atoms with E-state index in [-0.39, 0.29) is 18.2 Å². The zero-order valence-electron chi connectivity index (χ0n) is 11.8. The molecule has 1 heterocycles. The smallest absolute Gasteiger partial charge is 0.273 e. The van der Waals surface area contributed by atoms with Crippen molar-refractivity contribution >= 4 is 5.91 Å². The zero-order valence-corrected chi connectivity index (χ0v) is 11.8. The summed E-state index contributed by atoms with van der Waals surface area (Å²) in [6, 6.07) is 7.74. The van der Waals surface area contributed by atoms with Gasteiger partial charge in [-0.25, -0.2) is 4.68 Å². The summed E-state index contributed by atoms with van der Waals surface area (Å²) in [4.78, 5) is 12.0. The molecule has 1 amide bonds. The summed E-state index contributed by atoms with van der Waals surface area (Å²) in [5.74, 6) is -0.359. The molecule has 0 radical (unpaired) electrons. The highest BCUT2D eigenvalue weighted by atomic mass is 16.3. The second kappa shape index (κ2) is 5.42. The predicted octanol–water partition coefficient (Wildman–Crippen LogP) is 1.08. The lowest BCUT2D eigenvalue weighted by Crippen LogP contribution is -2.46. The van der Waals surface area contributed by atoms with Crippen LogP contribution in [0.3, 0.4) is 0 Å². The monoisotopic (exact) mass is 274 g/mol. The van der Waals surface area contributed by atoms with Crippen molar-refractivity contribution in [3.63, 3.8) is 0 Å². The number of nitrogens with zero attached hydrogens (tertiary/aromatic N) is 3. The second-order valence-corrected chi connectivity index (χ2v) is 5.38. The summed E-state index contributed by atoms with van der Waals surface area (Å²) in [6.07, 6.45) is 1.56. The topological polar surface area (TPSA) is 80.0 Å². The molecule has 106 valence electrons. The van der Waals surface area contributed by atoms with Crippen LogP contribution in [0.15, 0.2) is 30.5 Å². The van der Waals surface area contributed by atoms with Crippen LogP contribution in [0.4, 0.5) is 0 Å². The average molecular weight is 274 g/mol. The summed E-state index contributed by atoms with van der Waals surface area (Å²) >= 11 is 0. The van der Waals surface area contributed by atoms with E-state index < -0.39 is 5.54 Å². The van der Waals surface area contributed by atoms with Gasteiger partial charge in [-0.05, 0) is 32.9 Å². The Morgan fingerprint density at radius 3 is 2.60 bits per heavy atom. The number of aliphatic hydroxyl groups excluding tert-OH is 1. The molecule has 0 saturated heterocycles. The quantitative estimate of drug-likeness (QED) is 0.874. The molecule has 0 atom stereocenters. The molecular formula is C14H18N4O2. The van der Waals surface area contributed by atoms with Gasteiger partial charge in [-0.3, -0.25) is 4.79 Å². The minimum absolute atomic E-state index is 0.148. The number of amides is 1. The van der Waals surface area contributed by atoms with Gasteiger partial charge in [0.1, 0.15) is 0 Å². The molecular weight excluding hydrogens is 256 g/mol. The molecule has 2 N–H and O–H groups in total. The lowest BCUT2D eigenvalue weighted by Gasteiger charge is -2.22. The maximum absolute atomic E-state index is 12.0. The summed E-state index contributed by atoms with van der Waals surface area (Å²) in [5.41, 5.74) is 1.51. The molecule has 1 aromatic carbocycles. The minimum atomic E-state index is -0.690. The van der Waals surface area contributed by atoms with Crippen LogP contribution in [0.1, 0.15) is 29.9 Å².